The molecule has 3 aromatic rings. The van der Waals surface area contributed by atoms with E-state index < -0.39 is 17.7 Å². The zero-order chi connectivity index (χ0) is 24.1. The average Bonchev–Trinajstić information content (AvgIpc) is 3.13. The van der Waals surface area contributed by atoms with Gasteiger partial charge in [-0.1, -0.05) is 5.16 Å². The van der Waals surface area contributed by atoms with Crippen molar-refractivity contribution in [3.8, 4) is 11.4 Å². The minimum atomic E-state index is -4.23. The van der Waals surface area contributed by atoms with E-state index in [2.05, 4.69) is 20.5 Å². The number of rotatable bonds is 4. The maximum Gasteiger partial charge on any atom is 0.394 e. The lowest BCUT2D eigenvalue weighted by Gasteiger charge is -2.53. The predicted molar refractivity (Wildman–Crippen MR) is 114 cm³/mol. The third-order valence-electron chi connectivity index (χ3n) is 6.51. The lowest BCUT2D eigenvalue weighted by Crippen LogP contribution is -2.65. The van der Waals surface area contributed by atoms with Crippen LogP contribution in [0.1, 0.15) is 29.9 Å². The largest absolute Gasteiger partial charge is 0.394 e. The summed E-state index contributed by atoms with van der Waals surface area (Å²) in [4.78, 5) is 14.7. The van der Waals surface area contributed by atoms with E-state index in [1.54, 1.807) is 19.2 Å². The third kappa shape index (κ3) is 4.17. The minimum absolute atomic E-state index is 0.0585. The molecule has 2 saturated heterocycles. The van der Waals surface area contributed by atoms with Crippen LogP contribution in [0.2, 0.25) is 0 Å². The molecule has 0 unspecified atom stereocenters. The summed E-state index contributed by atoms with van der Waals surface area (Å²) in [6.45, 7) is 4.28. The number of halogens is 3. The fraction of sp³-hybridized carbons (Fsp3) is 0.500. The first-order valence-corrected chi connectivity index (χ1v) is 10.9. The Morgan fingerprint density at radius 3 is 2.62 bits per heavy atom. The Morgan fingerprint density at radius 1 is 1.21 bits per heavy atom. The van der Waals surface area contributed by atoms with Gasteiger partial charge >= 0.3 is 6.18 Å². The molecule has 0 amide bonds. The van der Waals surface area contributed by atoms with Crippen LogP contribution in [0.4, 0.5) is 18.9 Å². The van der Waals surface area contributed by atoms with Crippen LogP contribution in [-0.2, 0) is 11.3 Å². The normalized spacial score (nSPS) is 19.9. The minimum Gasteiger partial charge on any atom is -0.371 e. The van der Waals surface area contributed by atoms with Gasteiger partial charge in [-0.15, -0.1) is 5.10 Å². The fourth-order valence-corrected chi connectivity index (χ4v) is 4.38. The number of aromatic nitrogens is 5. The smallest absolute Gasteiger partial charge is 0.371 e. The highest BCUT2D eigenvalue weighted by molar-refractivity contribution is 5.58. The lowest BCUT2D eigenvalue weighted by molar-refractivity contribution is -0.227. The molecule has 0 bridgehead atoms. The number of alkyl halides is 3. The molecule has 3 aromatic heterocycles. The van der Waals surface area contributed by atoms with Crippen molar-refractivity contribution >= 4 is 5.69 Å². The highest BCUT2D eigenvalue weighted by Gasteiger charge is 2.51. The summed E-state index contributed by atoms with van der Waals surface area (Å²) in [6, 6.07) is 5.07. The van der Waals surface area contributed by atoms with Crippen molar-refractivity contribution in [3.05, 3.63) is 51.8 Å². The van der Waals surface area contributed by atoms with Gasteiger partial charge in [0.25, 0.3) is 5.56 Å². The molecule has 0 N–H and O–H groups in total. The van der Waals surface area contributed by atoms with Gasteiger partial charge in [0.15, 0.2) is 0 Å². The SMILES string of the molecule is Cc1ccc(-c2noc(C)c2Cn2ncc(N3CC4(CC[C@@H](C(F)(F)F)CO4)C3)cc2=O)nn1. The molecule has 180 valence electrons. The first kappa shape index (κ1) is 22.5. The van der Waals surface area contributed by atoms with E-state index in [-0.39, 0.29) is 25.1 Å². The average molecular weight is 476 g/mol. The van der Waals surface area contributed by atoms with Gasteiger partial charge in [-0.3, -0.25) is 4.79 Å². The molecule has 0 saturated carbocycles. The van der Waals surface area contributed by atoms with Crippen molar-refractivity contribution in [2.75, 3.05) is 24.6 Å². The quantitative estimate of drug-likeness (QED) is 0.567. The molecule has 1 spiro atoms. The Balaban J connectivity index is 1.27. The number of hydrogen-bond donors (Lipinski definition) is 0. The molecule has 34 heavy (non-hydrogen) atoms. The van der Waals surface area contributed by atoms with Crippen molar-refractivity contribution < 1.29 is 22.4 Å². The van der Waals surface area contributed by atoms with E-state index in [4.69, 9.17) is 9.26 Å². The van der Waals surface area contributed by atoms with Crippen molar-refractivity contribution in [1.29, 1.82) is 0 Å². The maximum atomic E-state index is 12.9. The van der Waals surface area contributed by atoms with Crippen LogP contribution in [0.25, 0.3) is 11.4 Å². The van der Waals surface area contributed by atoms with Crippen LogP contribution in [0.15, 0.2) is 33.7 Å². The Kier molecular flexibility index (Phi) is 5.42. The summed E-state index contributed by atoms with van der Waals surface area (Å²) in [5.41, 5.74) is 2.19. The standard InChI is InChI=1S/C22H23F3N6O3/c1-13-3-4-18(28-27-13)20-17(14(2)34-29-20)9-31-19(32)7-16(8-26-31)30-11-21(12-30)6-5-15(10-33-21)22(23,24)25/h3-4,7-8,15H,5-6,9-12H2,1-2H3/t15-/m1/s1. The summed E-state index contributed by atoms with van der Waals surface area (Å²) in [5.74, 6) is -0.860. The number of aryl methyl sites for hydroxylation is 2. The molecule has 1 atom stereocenters. The van der Waals surface area contributed by atoms with E-state index in [0.717, 1.165) is 5.69 Å². The molecule has 0 radical (unpaired) electrons. The fourth-order valence-electron chi connectivity index (χ4n) is 4.38. The van der Waals surface area contributed by atoms with Crippen LogP contribution in [0, 0.1) is 19.8 Å². The van der Waals surface area contributed by atoms with Crippen molar-refractivity contribution in [3.63, 3.8) is 0 Å². The molecule has 2 fully saturated rings. The molecule has 12 heteroatoms. The number of hydrogen-bond acceptors (Lipinski definition) is 8. The monoisotopic (exact) mass is 476 g/mol. The summed E-state index contributed by atoms with van der Waals surface area (Å²) < 4.78 is 50.9. The second-order valence-electron chi connectivity index (χ2n) is 8.96. The zero-order valence-corrected chi connectivity index (χ0v) is 18.7. The van der Waals surface area contributed by atoms with Gasteiger partial charge in [0.2, 0.25) is 0 Å². The van der Waals surface area contributed by atoms with Gasteiger partial charge in [0.1, 0.15) is 22.7 Å². The van der Waals surface area contributed by atoms with Gasteiger partial charge < -0.3 is 14.2 Å². The summed E-state index contributed by atoms with van der Waals surface area (Å²) in [7, 11) is 0. The first-order valence-electron chi connectivity index (χ1n) is 10.9. The lowest BCUT2D eigenvalue weighted by atomic mass is 9.82. The molecule has 0 aliphatic carbocycles. The molecule has 5 heterocycles. The Hall–Kier alpha value is -3.28. The molecule has 9 nitrogen and oxygen atoms in total. The van der Waals surface area contributed by atoms with Gasteiger partial charge in [0.05, 0.1) is 36.6 Å². The van der Waals surface area contributed by atoms with Gasteiger partial charge in [-0.25, -0.2) is 4.68 Å². The Morgan fingerprint density at radius 2 is 2.00 bits per heavy atom. The molecule has 2 aliphatic rings. The molecule has 0 aromatic carbocycles. The highest BCUT2D eigenvalue weighted by Crippen LogP contribution is 2.42. The van der Waals surface area contributed by atoms with Crippen molar-refractivity contribution in [2.24, 2.45) is 5.92 Å². The van der Waals surface area contributed by atoms with E-state index in [0.29, 0.717) is 47.9 Å². The molecule has 2 aliphatic heterocycles. The van der Waals surface area contributed by atoms with Crippen molar-refractivity contribution in [1.82, 2.24) is 25.1 Å². The molecular weight excluding hydrogens is 453 g/mol. The second-order valence-corrected chi connectivity index (χ2v) is 8.96. The number of nitrogens with zero attached hydrogens (tertiary/aromatic N) is 6. The van der Waals surface area contributed by atoms with Crippen LogP contribution in [0.5, 0.6) is 0 Å². The first-order chi connectivity index (χ1) is 16.1. The highest BCUT2D eigenvalue weighted by atomic mass is 19.4. The number of anilines is 1. The second kappa shape index (κ2) is 8.19. The summed E-state index contributed by atoms with van der Waals surface area (Å²) in [6.07, 6.45) is -2.25. The van der Waals surface area contributed by atoms with E-state index >= 15 is 0 Å². The molecule has 5 rings (SSSR count). The van der Waals surface area contributed by atoms with Gasteiger partial charge in [-0.2, -0.15) is 23.4 Å². The number of ether oxygens (including phenoxy) is 1. The van der Waals surface area contributed by atoms with Crippen molar-refractivity contribution in [2.45, 2.75) is 45.0 Å². The van der Waals surface area contributed by atoms with Gasteiger partial charge in [0, 0.05) is 24.7 Å². The van der Waals surface area contributed by atoms with E-state index in [9.17, 15) is 18.0 Å². The van der Waals surface area contributed by atoms with Crippen LogP contribution >= 0.6 is 0 Å². The zero-order valence-electron chi connectivity index (χ0n) is 18.7. The third-order valence-corrected chi connectivity index (χ3v) is 6.51. The summed E-state index contributed by atoms with van der Waals surface area (Å²) >= 11 is 0. The molecular formula is C22H23F3N6O3. The van der Waals surface area contributed by atoms with Crippen LogP contribution in [-0.4, -0.2) is 56.6 Å². The van der Waals surface area contributed by atoms with Crippen LogP contribution in [0.3, 0.4) is 0 Å². The van der Waals surface area contributed by atoms with E-state index in [1.807, 2.05) is 17.9 Å². The topological polar surface area (TPSA) is 99.2 Å². The van der Waals surface area contributed by atoms with Crippen LogP contribution < -0.4 is 10.5 Å². The summed E-state index contributed by atoms with van der Waals surface area (Å²) in [5, 5.41) is 16.5. The van der Waals surface area contributed by atoms with E-state index in [1.165, 1.54) is 10.7 Å². The Labute approximate surface area is 192 Å². The Bertz CT molecular complexity index is 1240. The maximum absolute atomic E-state index is 12.9. The van der Waals surface area contributed by atoms with Gasteiger partial charge in [-0.05, 0) is 38.8 Å². The predicted octanol–water partition coefficient (Wildman–Crippen LogP) is 2.90.